The number of ether oxygens (including phenoxy) is 2. The Morgan fingerprint density at radius 3 is 2.24 bits per heavy atom. The molecule has 0 saturated heterocycles. The quantitative estimate of drug-likeness (QED) is 0.190. The summed E-state index contributed by atoms with van der Waals surface area (Å²) in [5.74, 6) is 0.811. The number of hydrogen-bond acceptors (Lipinski definition) is 5. The third-order valence-electron chi connectivity index (χ3n) is 5.64. The van der Waals surface area contributed by atoms with E-state index in [1.165, 1.54) is 22.8 Å². The number of fused-ring (bicyclic) bond motifs is 1. The van der Waals surface area contributed by atoms with Crippen LogP contribution in [0.15, 0.2) is 72.8 Å². The van der Waals surface area contributed by atoms with E-state index in [-0.39, 0.29) is 0 Å². The minimum Gasteiger partial charge on any atom is -0.496 e. The van der Waals surface area contributed by atoms with Gasteiger partial charge in [0, 0.05) is 18.0 Å². The average molecular weight is 456 g/mol. The number of aromatic nitrogens is 3. The van der Waals surface area contributed by atoms with Crippen molar-refractivity contribution < 1.29 is 14.3 Å². The molecule has 34 heavy (non-hydrogen) atoms. The molecule has 0 spiro atoms. The maximum atomic E-state index is 11.8. The number of carbonyl (C=O) groups is 1. The van der Waals surface area contributed by atoms with Crippen molar-refractivity contribution >= 4 is 5.97 Å². The second-order valence-corrected chi connectivity index (χ2v) is 8.11. The number of hydrogen-bond donors (Lipinski definition) is 0. The number of nitrogens with zero attached hydrogens (tertiary/aromatic N) is 3. The van der Waals surface area contributed by atoms with Gasteiger partial charge in [-0.15, -0.1) is 0 Å². The molecule has 0 radical (unpaired) electrons. The zero-order chi connectivity index (χ0) is 24.1. The van der Waals surface area contributed by atoms with Gasteiger partial charge in [-0.1, -0.05) is 42.5 Å². The molecule has 4 rings (SSSR count). The average Bonchev–Trinajstić information content (AvgIpc) is 3.25. The van der Waals surface area contributed by atoms with Crippen molar-refractivity contribution in [3.8, 4) is 33.9 Å². The van der Waals surface area contributed by atoms with Crippen LogP contribution in [-0.4, -0.2) is 33.7 Å². The zero-order valence-corrected chi connectivity index (χ0v) is 20.0. The summed E-state index contributed by atoms with van der Waals surface area (Å²) in [5.41, 5.74) is 7.50. The maximum Gasteiger partial charge on any atom is 0.334 e. The highest BCUT2D eigenvalue weighted by Crippen LogP contribution is 2.28. The summed E-state index contributed by atoms with van der Waals surface area (Å²) in [5, 5.41) is 0. The predicted octanol–water partition coefficient (Wildman–Crippen LogP) is 5.82. The number of carbonyl (C=O) groups excluding carboxylic acids is 1. The van der Waals surface area contributed by atoms with E-state index in [9.17, 15) is 4.79 Å². The highest BCUT2D eigenvalue weighted by molar-refractivity contribution is 5.82. The molecule has 2 aliphatic rings. The number of pyridine rings is 1. The largest absolute Gasteiger partial charge is 0.496 e. The lowest BCUT2D eigenvalue weighted by Gasteiger charge is -2.12. The number of benzene rings is 2. The van der Waals surface area contributed by atoms with E-state index < -0.39 is 5.97 Å². The van der Waals surface area contributed by atoms with E-state index in [4.69, 9.17) is 19.4 Å². The Morgan fingerprint density at radius 2 is 1.53 bits per heavy atom. The molecule has 2 aliphatic heterocycles. The molecule has 0 bridgehead atoms. The summed E-state index contributed by atoms with van der Waals surface area (Å²) < 4.78 is 12.5. The van der Waals surface area contributed by atoms with E-state index >= 15 is 0 Å². The Balaban J connectivity index is 1.55. The molecular formula is C28H29N3O3. The second-order valence-electron chi connectivity index (χ2n) is 8.11. The van der Waals surface area contributed by atoms with Crippen molar-refractivity contribution in [2.24, 2.45) is 0 Å². The smallest absolute Gasteiger partial charge is 0.334 e. The molecule has 2 heterocycles. The summed E-state index contributed by atoms with van der Waals surface area (Å²) in [4.78, 5) is 21.3. The number of aryl methyl sites for hydroxylation is 2. The van der Waals surface area contributed by atoms with Gasteiger partial charge in [0.05, 0.1) is 31.5 Å². The first-order chi connectivity index (χ1) is 16.5. The zero-order valence-electron chi connectivity index (χ0n) is 20.0. The standard InChI is InChI=1S/C28H29N3O3/c1-5-33-24(16-27(32)34-6-2)17-31-14-13-25-26(18-31)30-28(29-25)22-11-9-21(10-12-22)23-8-7-19(3)20(4)15-23/h7-16,18H,5-6,17H2,1-4H3/b24-16-. The lowest BCUT2D eigenvalue weighted by Crippen LogP contribution is -2.09. The van der Waals surface area contributed by atoms with Crippen LogP contribution in [0.1, 0.15) is 25.0 Å². The fourth-order valence-corrected chi connectivity index (χ4v) is 3.73. The Bertz CT molecular complexity index is 1290. The first-order valence-corrected chi connectivity index (χ1v) is 11.5. The van der Waals surface area contributed by atoms with E-state index in [0.717, 1.165) is 22.5 Å². The number of rotatable bonds is 8. The van der Waals surface area contributed by atoms with Crippen LogP contribution in [-0.2, 0) is 20.8 Å². The number of esters is 1. The fraction of sp³-hybridized carbons (Fsp3) is 0.250. The third-order valence-corrected chi connectivity index (χ3v) is 5.64. The molecule has 0 saturated carbocycles. The van der Waals surface area contributed by atoms with Crippen molar-refractivity contribution in [3.63, 3.8) is 0 Å². The van der Waals surface area contributed by atoms with Gasteiger partial charge in [0.15, 0.2) is 5.82 Å². The van der Waals surface area contributed by atoms with E-state index in [1.54, 1.807) is 6.92 Å². The molecule has 6 nitrogen and oxygen atoms in total. The molecule has 0 aliphatic carbocycles. The van der Waals surface area contributed by atoms with E-state index in [1.807, 2.05) is 30.0 Å². The molecule has 0 N–H and O–H groups in total. The lowest BCUT2D eigenvalue weighted by atomic mass is 9.99. The first kappa shape index (κ1) is 23.2. The third kappa shape index (κ3) is 5.34. The van der Waals surface area contributed by atoms with Gasteiger partial charge in [0.2, 0.25) is 0 Å². The van der Waals surface area contributed by atoms with Crippen molar-refractivity contribution in [1.29, 1.82) is 0 Å². The molecule has 0 atom stereocenters. The molecule has 174 valence electrons. The summed E-state index contributed by atoms with van der Waals surface area (Å²) >= 11 is 0. The van der Waals surface area contributed by atoms with Gasteiger partial charge in [0.1, 0.15) is 11.5 Å². The SMILES string of the molecule is CCOC(=O)/C=C(/Cn1ccc2nc(-c3ccc(-c4ccc(C)c(C)c4)cc3)nc-2c1)OCC. The van der Waals surface area contributed by atoms with Crippen LogP contribution < -0.4 is 0 Å². The van der Waals surface area contributed by atoms with Crippen LogP contribution in [0.2, 0.25) is 0 Å². The van der Waals surface area contributed by atoms with Gasteiger partial charge < -0.3 is 14.0 Å². The molecule has 0 aromatic heterocycles. The first-order valence-electron chi connectivity index (χ1n) is 11.5. The summed E-state index contributed by atoms with van der Waals surface area (Å²) in [6.07, 6.45) is 5.21. The Labute approximate surface area is 200 Å². The van der Waals surface area contributed by atoms with Crippen LogP contribution >= 0.6 is 0 Å². The van der Waals surface area contributed by atoms with Crippen molar-refractivity contribution in [2.45, 2.75) is 34.2 Å². The van der Waals surface area contributed by atoms with Crippen molar-refractivity contribution in [3.05, 3.63) is 83.9 Å². The van der Waals surface area contributed by atoms with Crippen molar-refractivity contribution in [1.82, 2.24) is 14.5 Å². The maximum absolute atomic E-state index is 11.8. The van der Waals surface area contributed by atoms with Crippen LogP contribution in [0.5, 0.6) is 0 Å². The molecular weight excluding hydrogens is 426 g/mol. The fourth-order valence-electron chi connectivity index (χ4n) is 3.73. The van der Waals surface area contributed by atoms with Gasteiger partial charge in [-0.3, -0.25) is 0 Å². The minimum absolute atomic E-state index is 0.325. The summed E-state index contributed by atoms with van der Waals surface area (Å²) in [6, 6.07) is 16.8. The van der Waals surface area contributed by atoms with E-state index in [0.29, 0.717) is 31.3 Å². The van der Waals surface area contributed by atoms with Gasteiger partial charge in [-0.2, -0.15) is 0 Å². The lowest BCUT2D eigenvalue weighted by molar-refractivity contribution is -0.137. The number of allylic oxidation sites excluding steroid dienone is 1. The second kappa shape index (κ2) is 10.3. The Morgan fingerprint density at radius 1 is 0.853 bits per heavy atom. The molecule has 0 fully saturated rings. The van der Waals surface area contributed by atoms with Gasteiger partial charge in [-0.05, 0) is 56.0 Å². The van der Waals surface area contributed by atoms with Crippen LogP contribution in [0, 0.1) is 13.8 Å². The topological polar surface area (TPSA) is 66.2 Å². The summed E-state index contributed by atoms with van der Waals surface area (Å²) in [7, 11) is 0. The molecule has 2 aromatic rings. The predicted molar refractivity (Wildman–Crippen MR) is 133 cm³/mol. The van der Waals surface area contributed by atoms with Crippen molar-refractivity contribution in [2.75, 3.05) is 13.2 Å². The molecule has 0 unspecified atom stereocenters. The Kier molecular flexibility index (Phi) is 7.07. The highest BCUT2D eigenvalue weighted by Gasteiger charge is 2.14. The monoisotopic (exact) mass is 455 g/mol. The number of imidazole rings is 1. The van der Waals surface area contributed by atoms with Crippen LogP contribution in [0.3, 0.4) is 0 Å². The Hall–Kier alpha value is -3.93. The van der Waals surface area contributed by atoms with Gasteiger partial charge in [-0.25, -0.2) is 14.8 Å². The van der Waals surface area contributed by atoms with Gasteiger partial charge >= 0.3 is 5.97 Å². The minimum atomic E-state index is -0.410. The molecule has 0 amide bonds. The molecule has 6 heteroatoms. The summed E-state index contributed by atoms with van der Waals surface area (Å²) in [6.45, 7) is 9.10. The molecule has 2 aromatic carbocycles. The normalized spacial score (nSPS) is 11.6. The van der Waals surface area contributed by atoms with E-state index in [2.05, 4.69) is 56.3 Å². The van der Waals surface area contributed by atoms with Crippen LogP contribution in [0.4, 0.5) is 0 Å². The van der Waals surface area contributed by atoms with Gasteiger partial charge in [0.25, 0.3) is 0 Å². The highest BCUT2D eigenvalue weighted by atomic mass is 16.5. The van der Waals surface area contributed by atoms with Crippen LogP contribution in [0.25, 0.3) is 33.9 Å².